The second-order valence-electron chi connectivity index (χ2n) is 20.1. The Bertz CT molecular complexity index is 3790. The van der Waals surface area contributed by atoms with Crippen LogP contribution in [-0.2, 0) is 106 Å². The fourth-order valence-electron chi connectivity index (χ4n) is 7.97. The van der Waals surface area contributed by atoms with Crippen molar-refractivity contribution >= 4 is 250 Å². The topological polar surface area (TPSA) is 189 Å². The maximum Gasteiger partial charge on any atom is 0.303 e. The lowest BCUT2D eigenvalue weighted by atomic mass is 10.1. The molecule has 0 saturated heterocycles. The van der Waals surface area contributed by atoms with Gasteiger partial charge in [-0.2, -0.15) is 8.42 Å². The van der Waals surface area contributed by atoms with Gasteiger partial charge in [-0.25, -0.2) is 30.7 Å². The molecule has 0 aliphatic heterocycles. The first-order chi connectivity index (χ1) is 46.0. The Morgan fingerprint density at radius 1 is 0.308 bits per heavy atom. The average Bonchev–Trinajstić information content (AvgIpc) is 0.839. The summed E-state index contributed by atoms with van der Waals surface area (Å²) in [5.74, 6) is -6.06. The number of halogens is 21. The van der Waals surface area contributed by atoms with Crippen molar-refractivity contribution in [2.24, 2.45) is 0 Å². The van der Waals surface area contributed by atoms with Crippen molar-refractivity contribution in [1.29, 1.82) is 0 Å². The molecule has 606 valence electrons. The van der Waals surface area contributed by atoms with E-state index in [0.717, 1.165) is 48.7 Å². The fourth-order valence-corrected chi connectivity index (χ4v) is 13.4. The second-order valence-corrected chi connectivity index (χ2v) is 27.2. The summed E-state index contributed by atoms with van der Waals surface area (Å²) >= 11 is 80.3. The number of hydrogen-bond donors (Lipinski definition) is 2. The Hall–Kier alpha value is -2.78. The first kappa shape index (κ1) is 117. The predicted molar refractivity (Wildman–Crippen MR) is 432 cm³/mol. The van der Waals surface area contributed by atoms with Gasteiger partial charge in [-0.3, -0.25) is 23.4 Å². The number of aliphatic hydroxyl groups excluding tert-OH is 2. The lowest BCUT2D eigenvalue weighted by Crippen LogP contribution is -2.09. The van der Waals surface area contributed by atoms with Gasteiger partial charge in [0.05, 0.1) is 53.6 Å². The third-order valence-electron chi connectivity index (χ3n) is 12.1. The monoisotopic (exact) mass is 1880 g/mol. The lowest BCUT2D eigenvalue weighted by Gasteiger charge is -2.15. The third-order valence-corrected chi connectivity index (χ3v) is 17.7. The zero-order valence-electron chi connectivity index (χ0n) is 55.5. The van der Waals surface area contributed by atoms with E-state index in [0.29, 0.717) is 0 Å². The molecule has 1 unspecified atom stereocenters. The molecule has 39 heteroatoms. The zero-order chi connectivity index (χ0) is 77.5. The zero-order valence-corrected chi connectivity index (χ0v) is 70.3. The Balaban J connectivity index is -0.000000216. The number of hydrogen-bond acceptors (Lipinski definition) is 14. The number of esters is 4. The molecule has 2 N–H and O–H groups in total. The number of thiol groups is 1. The number of benzene rings is 7. The quantitative estimate of drug-likeness (QED) is 0.0211. The van der Waals surface area contributed by atoms with Crippen molar-refractivity contribution in [3.05, 3.63) is 235 Å². The summed E-state index contributed by atoms with van der Waals surface area (Å²) in [6.07, 6.45) is -4.44. The molecule has 7 aromatic rings. The van der Waals surface area contributed by atoms with Crippen molar-refractivity contribution in [3.8, 4) is 0 Å². The summed E-state index contributed by atoms with van der Waals surface area (Å²) in [5.41, 5.74) is 1.73. The van der Waals surface area contributed by atoms with Crippen LogP contribution in [0, 0.1) is 40.7 Å². The lowest BCUT2D eigenvalue weighted by molar-refractivity contribution is -0.146. The molecule has 0 aliphatic rings. The van der Waals surface area contributed by atoms with Crippen molar-refractivity contribution in [3.63, 3.8) is 0 Å². The van der Waals surface area contributed by atoms with E-state index in [9.17, 15) is 68.5 Å². The van der Waals surface area contributed by atoms with Gasteiger partial charge in [0.25, 0.3) is 10.1 Å². The normalized spacial score (nSPS) is 11.9. The van der Waals surface area contributed by atoms with Crippen LogP contribution in [0.5, 0.6) is 0 Å². The molecule has 107 heavy (non-hydrogen) atoms. The van der Waals surface area contributed by atoms with Crippen LogP contribution in [0.15, 0.2) is 84.9 Å². The summed E-state index contributed by atoms with van der Waals surface area (Å²) in [4.78, 5) is 42.9. The Kier molecular flexibility index (Phi) is 61.1. The molecule has 0 aliphatic carbocycles. The highest BCUT2D eigenvalue weighted by Gasteiger charge is 2.25. The fraction of sp³-hybridized carbons (Fsp3) is 0.324. The van der Waals surface area contributed by atoms with E-state index < -0.39 is 117 Å². The molecule has 0 fully saturated rings. The minimum absolute atomic E-state index is 0. The number of carbonyl (C=O) groups excluding carboxylic acids is 4. The van der Waals surface area contributed by atoms with Gasteiger partial charge in [0.2, 0.25) is 0 Å². The number of carbonyl (C=O) groups is 4. The SMILES string of the molecule is C.C.C.CC(=O)OC(C)c1c(Cl)ccc(F)c1Cl.CC(=O)O[C@@H](C)c1c(Cl)ccc(F)c1Cl.CC(=O)O[C@@H](C)c1c(Cl)ccc(F)c1Cl.CC(=O)O[C@@H](C)c1c(Cl)ccc(F)c1Cl.C[C@@H](O)c1c(Cl)ccc(F)c1Cl.C[C@@H](OS(C)(=O)=O)c1c(Cl)ccc(F)c1Cl.C[C@H](O)c1c(Cl)ccc(F)c1Cl.[S-2].[S-2].[S-2].[SH-]. The van der Waals surface area contributed by atoms with Gasteiger partial charge in [-0.05, 0) is 133 Å². The molecule has 0 bridgehead atoms. The molecule has 0 aromatic heterocycles. The average molecular weight is 1890 g/mol. The van der Waals surface area contributed by atoms with Crippen LogP contribution in [0.1, 0.15) is 180 Å². The van der Waals surface area contributed by atoms with E-state index >= 15 is 0 Å². The van der Waals surface area contributed by atoms with Crippen molar-refractivity contribution < 1.29 is 91.7 Å². The van der Waals surface area contributed by atoms with Gasteiger partial charge in [-0.15, -0.1) is 0 Å². The van der Waals surface area contributed by atoms with Gasteiger partial charge in [0.15, 0.2) is 0 Å². The van der Waals surface area contributed by atoms with E-state index in [1.165, 1.54) is 90.9 Å². The Morgan fingerprint density at radius 3 is 0.561 bits per heavy atom. The van der Waals surface area contributed by atoms with Crippen molar-refractivity contribution in [2.45, 2.75) is 141 Å². The van der Waals surface area contributed by atoms with E-state index in [1.54, 1.807) is 27.7 Å². The summed E-state index contributed by atoms with van der Waals surface area (Å²) in [6, 6.07) is 17.6. The van der Waals surface area contributed by atoms with Crippen LogP contribution >= 0.6 is 162 Å². The Morgan fingerprint density at radius 2 is 0.439 bits per heavy atom. The molecule has 0 spiro atoms. The molecule has 7 rings (SSSR count). The molecule has 7 atom stereocenters. The number of aliphatic hydroxyl groups is 2. The van der Waals surface area contributed by atoms with Crippen LogP contribution in [-0.4, -0.2) is 48.8 Å². The van der Waals surface area contributed by atoms with Gasteiger partial charge >= 0.3 is 23.9 Å². The van der Waals surface area contributed by atoms with E-state index in [-0.39, 0.29) is 186 Å². The van der Waals surface area contributed by atoms with Gasteiger partial charge in [0, 0.05) is 102 Å². The third kappa shape index (κ3) is 38.7. The highest BCUT2D eigenvalue weighted by atomic mass is 35.5. The van der Waals surface area contributed by atoms with Crippen LogP contribution in [0.3, 0.4) is 0 Å². The van der Waals surface area contributed by atoms with E-state index in [4.69, 9.17) is 181 Å². The highest BCUT2D eigenvalue weighted by molar-refractivity contribution is 7.86. The summed E-state index contributed by atoms with van der Waals surface area (Å²) < 4.78 is 137. The molecule has 0 saturated carbocycles. The van der Waals surface area contributed by atoms with Crippen LogP contribution in [0.4, 0.5) is 30.7 Å². The molecule has 0 amide bonds. The largest absolute Gasteiger partial charge is 2.00 e. The van der Waals surface area contributed by atoms with Gasteiger partial charge in [0.1, 0.15) is 71.2 Å². The maximum atomic E-state index is 13.2. The van der Waals surface area contributed by atoms with Gasteiger partial charge < -0.3 is 83.1 Å². The summed E-state index contributed by atoms with van der Waals surface area (Å²) in [5, 5.41) is 19.2. The maximum absolute atomic E-state index is 13.2. The van der Waals surface area contributed by atoms with Crippen LogP contribution < -0.4 is 0 Å². The molecule has 0 radical (unpaired) electrons. The molecule has 7 aromatic carbocycles. The van der Waals surface area contributed by atoms with Crippen LogP contribution in [0.2, 0.25) is 70.3 Å². The molecule has 13 nitrogen and oxygen atoms in total. The standard InChI is InChI=1S/4C10H9Cl2FO2.C9H9Cl2FO3S.2C8H7Cl2FO.3CH4.H2S.3S/c4*1-5(15-6(2)14)9-7(11)3-4-8(13)10(9)12;1-5(15-16(2,13)14)8-6(10)3-4-7(12)9(8)11;2*1-4(12)7-5(9)2-3-6(11)8(7)10;;;;;;;/h4*3-5H,1-2H3;3-5H,1-2H3;2*2-4,12H,1H3;3*1H4;1H2;;;/q;;;;;;;;;;;3*-2/p-1/t3*5-;;5-;2*4-;;;;;;;/m000.110......./s1. The first-order valence-electron chi connectivity index (χ1n) is 27.9. The summed E-state index contributed by atoms with van der Waals surface area (Å²) in [6.45, 7) is 15.7. The minimum Gasteiger partial charge on any atom is -2.00 e. The molecule has 0 heterocycles. The van der Waals surface area contributed by atoms with Gasteiger partial charge in [-0.1, -0.05) is 185 Å². The van der Waals surface area contributed by atoms with Crippen LogP contribution in [0.25, 0.3) is 0 Å². The molecular weight excluding hydrogens is 1810 g/mol. The van der Waals surface area contributed by atoms with E-state index in [2.05, 4.69) is 4.18 Å². The van der Waals surface area contributed by atoms with Crippen molar-refractivity contribution in [1.82, 2.24) is 0 Å². The number of ether oxygens (including phenoxy) is 4. The molecular formula is C68H72Cl14F7O13S5-7. The van der Waals surface area contributed by atoms with E-state index in [1.807, 2.05) is 0 Å². The Labute approximate surface area is 717 Å². The van der Waals surface area contributed by atoms with Crippen molar-refractivity contribution in [2.75, 3.05) is 6.26 Å². The number of rotatable bonds is 13. The second kappa shape index (κ2) is 55.6. The summed E-state index contributed by atoms with van der Waals surface area (Å²) in [7, 11) is -3.66. The smallest absolute Gasteiger partial charge is 0.303 e. The highest BCUT2D eigenvalue weighted by Crippen LogP contribution is 2.40. The minimum atomic E-state index is -3.66. The predicted octanol–water partition coefficient (Wildman–Crippen LogP) is 26.2. The first-order valence-corrected chi connectivity index (χ1v) is 35.0.